The van der Waals surface area contributed by atoms with Crippen LogP contribution in [0.3, 0.4) is 0 Å². The maximum atomic E-state index is 12.4. The predicted molar refractivity (Wildman–Crippen MR) is 48.8 cm³/mol. The van der Waals surface area contributed by atoms with Gasteiger partial charge in [0.05, 0.1) is 12.7 Å². The third-order valence-corrected chi connectivity index (χ3v) is 1.97. The molecule has 0 radical (unpaired) electrons. The second-order valence-electron chi connectivity index (χ2n) is 2.36. The molecular formula is C8H6BrF2NO2. The number of ether oxygens (including phenoxy) is 1. The van der Waals surface area contributed by atoms with E-state index in [1.54, 1.807) is 0 Å². The molecule has 1 aromatic heterocycles. The number of rotatable bonds is 3. The molecule has 0 unspecified atom stereocenters. The second kappa shape index (κ2) is 4.45. The minimum atomic E-state index is -2.80. The van der Waals surface area contributed by atoms with E-state index in [0.717, 1.165) is 0 Å². The lowest BCUT2D eigenvalue weighted by Crippen LogP contribution is -2.01. The van der Waals surface area contributed by atoms with Gasteiger partial charge in [0.25, 0.3) is 6.43 Å². The Bertz CT molecular complexity index is 357. The summed E-state index contributed by atoms with van der Waals surface area (Å²) in [4.78, 5) is 14.1. The van der Waals surface area contributed by atoms with Crippen LogP contribution in [-0.2, 0) is 0 Å². The number of aldehydes is 1. The SMILES string of the molecule is COc1cc(Br)nc(C(F)F)c1C=O. The lowest BCUT2D eigenvalue weighted by Gasteiger charge is -2.08. The van der Waals surface area contributed by atoms with E-state index < -0.39 is 12.1 Å². The second-order valence-corrected chi connectivity index (χ2v) is 3.18. The van der Waals surface area contributed by atoms with Crippen LogP contribution in [0.2, 0.25) is 0 Å². The van der Waals surface area contributed by atoms with E-state index >= 15 is 0 Å². The molecule has 3 nitrogen and oxygen atoms in total. The first kappa shape index (κ1) is 11.0. The normalized spacial score (nSPS) is 10.4. The van der Waals surface area contributed by atoms with Crippen molar-refractivity contribution in [1.29, 1.82) is 0 Å². The van der Waals surface area contributed by atoms with Crippen LogP contribution in [0.25, 0.3) is 0 Å². The fourth-order valence-corrected chi connectivity index (χ4v) is 1.37. The highest BCUT2D eigenvalue weighted by Gasteiger charge is 2.19. The van der Waals surface area contributed by atoms with E-state index in [0.29, 0.717) is 6.29 Å². The van der Waals surface area contributed by atoms with Gasteiger partial charge in [-0.2, -0.15) is 0 Å². The monoisotopic (exact) mass is 265 g/mol. The van der Waals surface area contributed by atoms with E-state index in [1.807, 2.05) is 0 Å². The molecule has 0 amide bonds. The summed E-state index contributed by atoms with van der Waals surface area (Å²) in [5.74, 6) is 0.0807. The van der Waals surface area contributed by atoms with E-state index in [2.05, 4.69) is 20.9 Å². The van der Waals surface area contributed by atoms with Crippen molar-refractivity contribution in [3.05, 3.63) is 21.9 Å². The maximum absolute atomic E-state index is 12.4. The van der Waals surface area contributed by atoms with Crippen LogP contribution in [0, 0.1) is 0 Å². The largest absolute Gasteiger partial charge is 0.496 e. The van der Waals surface area contributed by atoms with Crippen LogP contribution < -0.4 is 4.74 Å². The topological polar surface area (TPSA) is 39.2 Å². The molecule has 0 aliphatic heterocycles. The third-order valence-electron chi connectivity index (χ3n) is 1.56. The van der Waals surface area contributed by atoms with Gasteiger partial charge in [0, 0.05) is 6.07 Å². The van der Waals surface area contributed by atoms with Crippen LogP contribution in [0.1, 0.15) is 22.5 Å². The summed E-state index contributed by atoms with van der Waals surface area (Å²) in [7, 11) is 1.30. The molecule has 1 rings (SSSR count). The Hall–Kier alpha value is -1.04. The van der Waals surface area contributed by atoms with Gasteiger partial charge in [-0.1, -0.05) is 0 Å². The number of nitrogens with zero attached hydrogens (tertiary/aromatic N) is 1. The minimum absolute atomic E-state index is 0.0807. The van der Waals surface area contributed by atoms with Gasteiger partial charge in [-0.05, 0) is 15.9 Å². The van der Waals surface area contributed by atoms with Crippen molar-refractivity contribution in [2.75, 3.05) is 7.11 Å². The van der Waals surface area contributed by atoms with Crippen molar-refractivity contribution in [2.24, 2.45) is 0 Å². The van der Waals surface area contributed by atoms with E-state index in [-0.39, 0.29) is 15.9 Å². The maximum Gasteiger partial charge on any atom is 0.281 e. The first-order valence-electron chi connectivity index (χ1n) is 3.58. The smallest absolute Gasteiger partial charge is 0.281 e. The Balaban J connectivity index is 3.39. The summed E-state index contributed by atoms with van der Waals surface area (Å²) >= 11 is 2.95. The highest BCUT2D eigenvalue weighted by molar-refractivity contribution is 9.10. The standard InChI is InChI=1S/C8H6BrF2NO2/c1-14-5-2-6(9)12-7(8(10)11)4(5)3-13/h2-3,8H,1H3. The first-order valence-corrected chi connectivity index (χ1v) is 4.37. The Morgan fingerprint density at radius 3 is 2.71 bits per heavy atom. The van der Waals surface area contributed by atoms with Crippen molar-refractivity contribution in [2.45, 2.75) is 6.43 Å². The number of methoxy groups -OCH3 is 1. The molecule has 0 saturated carbocycles. The van der Waals surface area contributed by atoms with Crippen LogP contribution >= 0.6 is 15.9 Å². The van der Waals surface area contributed by atoms with E-state index in [4.69, 9.17) is 4.74 Å². The summed E-state index contributed by atoms with van der Waals surface area (Å²) in [5, 5.41) is 0. The molecule has 76 valence electrons. The Kier molecular flexibility index (Phi) is 3.51. The van der Waals surface area contributed by atoms with Gasteiger partial charge >= 0.3 is 0 Å². The van der Waals surface area contributed by atoms with Crippen molar-refractivity contribution in [1.82, 2.24) is 4.98 Å². The molecule has 0 atom stereocenters. The number of carbonyl (C=O) groups is 1. The molecule has 0 fully saturated rings. The number of alkyl halides is 2. The summed E-state index contributed by atoms with van der Waals surface area (Å²) < 4.78 is 29.8. The summed E-state index contributed by atoms with van der Waals surface area (Å²) in [6.07, 6.45) is -2.50. The molecular weight excluding hydrogens is 260 g/mol. The number of aromatic nitrogens is 1. The quantitative estimate of drug-likeness (QED) is 0.623. The molecule has 0 aromatic carbocycles. The molecule has 1 aromatic rings. The van der Waals surface area contributed by atoms with Crippen LogP contribution in [0.15, 0.2) is 10.7 Å². The first-order chi connectivity index (χ1) is 6.60. The van der Waals surface area contributed by atoms with Gasteiger partial charge in [0.1, 0.15) is 16.0 Å². The number of hydrogen-bond donors (Lipinski definition) is 0. The van der Waals surface area contributed by atoms with Crippen LogP contribution in [-0.4, -0.2) is 18.4 Å². The molecule has 6 heteroatoms. The third kappa shape index (κ3) is 2.06. The van der Waals surface area contributed by atoms with E-state index in [1.165, 1.54) is 13.2 Å². The van der Waals surface area contributed by atoms with Crippen LogP contribution in [0.5, 0.6) is 5.75 Å². The highest BCUT2D eigenvalue weighted by Crippen LogP contribution is 2.29. The fourth-order valence-electron chi connectivity index (χ4n) is 0.973. The average Bonchev–Trinajstić information content (AvgIpc) is 2.16. The van der Waals surface area contributed by atoms with Crippen molar-refractivity contribution in [3.8, 4) is 5.75 Å². The number of carbonyl (C=O) groups excluding carboxylic acids is 1. The number of hydrogen-bond acceptors (Lipinski definition) is 3. The molecule has 0 bridgehead atoms. The summed E-state index contributed by atoms with van der Waals surface area (Å²) in [6.45, 7) is 0. The lowest BCUT2D eigenvalue weighted by molar-refractivity contribution is 0.109. The predicted octanol–water partition coefficient (Wildman–Crippen LogP) is 2.60. The van der Waals surface area contributed by atoms with Gasteiger partial charge in [-0.15, -0.1) is 0 Å². The average molecular weight is 266 g/mol. The van der Waals surface area contributed by atoms with Crippen molar-refractivity contribution >= 4 is 22.2 Å². The summed E-state index contributed by atoms with van der Waals surface area (Å²) in [6, 6.07) is 1.36. The Morgan fingerprint density at radius 2 is 2.29 bits per heavy atom. The molecule has 0 aliphatic rings. The molecule has 0 aliphatic carbocycles. The highest BCUT2D eigenvalue weighted by atomic mass is 79.9. The zero-order chi connectivity index (χ0) is 10.7. The van der Waals surface area contributed by atoms with Gasteiger partial charge in [-0.3, -0.25) is 4.79 Å². The number of pyridine rings is 1. The fraction of sp³-hybridized carbons (Fsp3) is 0.250. The van der Waals surface area contributed by atoms with Crippen molar-refractivity contribution in [3.63, 3.8) is 0 Å². The molecule has 0 saturated heterocycles. The number of halogens is 3. The summed E-state index contributed by atoms with van der Waals surface area (Å²) in [5.41, 5.74) is -0.795. The Morgan fingerprint density at radius 1 is 1.64 bits per heavy atom. The minimum Gasteiger partial charge on any atom is -0.496 e. The molecule has 0 spiro atoms. The van der Waals surface area contributed by atoms with Gasteiger partial charge in [0.2, 0.25) is 0 Å². The zero-order valence-corrected chi connectivity index (χ0v) is 8.72. The van der Waals surface area contributed by atoms with Gasteiger partial charge in [-0.25, -0.2) is 13.8 Å². The Labute approximate surface area is 87.2 Å². The molecule has 1 heterocycles. The van der Waals surface area contributed by atoms with Gasteiger partial charge in [0.15, 0.2) is 6.29 Å². The van der Waals surface area contributed by atoms with Crippen molar-refractivity contribution < 1.29 is 18.3 Å². The van der Waals surface area contributed by atoms with E-state index in [9.17, 15) is 13.6 Å². The molecule has 0 N–H and O–H groups in total. The van der Waals surface area contributed by atoms with Crippen LogP contribution in [0.4, 0.5) is 8.78 Å². The molecule has 14 heavy (non-hydrogen) atoms. The zero-order valence-electron chi connectivity index (χ0n) is 7.13. The lowest BCUT2D eigenvalue weighted by atomic mass is 10.2. The van der Waals surface area contributed by atoms with Gasteiger partial charge < -0.3 is 4.74 Å².